The van der Waals surface area contributed by atoms with Crippen LogP contribution in [0.15, 0.2) is 146 Å². The van der Waals surface area contributed by atoms with E-state index in [0.29, 0.717) is 32.7 Å². The zero-order chi connectivity index (χ0) is 55.9. The van der Waals surface area contributed by atoms with Crippen molar-refractivity contribution in [1.82, 2.24) is 0 Å². The number of aliphatic hydroxyl groups is 1. The highest BCUT2D eigenvalue weighted by Gasteiger charge is 2.59. The summed E-state index contributed by atoms with van der Waals surface area (Å²) in [5, 5.41) is 12.9. The average Bonchev–Trinajstić information content (AvgIpc) is 3.55. The van der Waals surface area contributed by atoms with Crippen LogP contribution in [0.3, 0.4) is 0 Å². The SMILES string of the molecule is CC[C@@H](OC(C)=O)[C@@H](C)[C@@H]1O[C@@](O[C@@H]2C(OCc3ccccc3)[C@H](O[C@H]3C(C)C(OCc4ccccc4)[C@@H](Oc4ccc(C)cc4)C[C@@H]3COCc3ccccc3)OC(COCc3ccccc3)[C@@H]2O)(C(=O)OC)CC(C)[C@@H]1C. The van der Waals surface area contributed by atoms with Crippen LogP contribution in [0.5, 0.6) is 5.75 Å². The number of hydrogen-bond donors (Lipinski definition) is 1. The summed E-state index contributed by atoms with van der Waals surface area (Å²) in [7, 11) is 1.29. The van der Waals surface area contributed by atoms with Crippen LogP contribution in [0.25, 0.3) is 0 Å². The van der Waals surface area contributed by atoms with E-state index in [1.807, 2.05) is 173 Å². The normalized spacial score (nSPS) is 29.7. The molecular formula is C65H82O14. The van der Waals surface area contributed by atoms with E-state index in [2.05, 4.69) is 13.8 Å². The molecule has 5 aromatic carbocycles. The molecule has 14 heteroatoms. The number of ether oxygens (including phenoxy) is 11. The van der Waals surface area contributed by atoms with E-state index in [-0.39, 0.29) is 55.8 Å². The summed E-state index contributed by atoms with van der Waals surface area (Å²) in [6.07, 6.45) is -7.93. The van der Waals surface area contributed by atoms with Gasteiger partial charge in [0.25, 0.3) is 5.79 Å². The maximum absolute atomic E-state index is 14.7. The Bertz CT molecular complexity index is 2590. The molecule has 3 aliphatic rings. The molecule has 0 bridgehead atoms. The number of benzene rings is 5. The van der Waals surface area contributed by atoms with Crippen LogP contribution >= 0.6 is 0 Å². The van der Waals surface area contributed by atoms with E-state index in [9.17, 15) is 14.7 Å². The van der Waals surface area contributed by atoms with Gasteiger partial charge in [-0.3, -0.25) is 4.79 Å². The molecule has 1 saturated carbocycles. The average molecular weight is 1090 g/mol. The lowest BCUT2D eigenvalue weighted by molar-refractivity contribution is -0.382. The Morgan fingerprint density at radius 3 is 1.75 bits per heavy atom. The summed E-state index contributed by atoms with van der Waals surface area (Å²) in [5.74, 6) is -3.83. The van der Waals surface area contributed by atoms with Crippen LogP contribution in [0.1, 0.15) is 88.6 Å². The minimum atomic E-state index is -2.06. The quantitative estimate of drug-likeness (QED) is 0.0551. The van der Waals surface area contributed by atoms with Crippen molar-refractivity contribution in [3.8, 4) is 5.75 Å². The highest BCUT2D eigenvalue weighted by atomic mass is 16.8. The first-order valence-electron chi connectivity index (χ1n) is 28.1. The van der Waals surface area contributed by atoms with Crippen molar-refractivity contribution in [3.63, 3.8) is 0 Å². The lowest BCUT2D eigenvalue weighted by Crippen LogP contribution is -2.67. The molecule has 2 heterocycles. The molecule has 1 aliphatic carbocycles. The fraction of sp³-hybridized carbons (Fsp3) is 0.508. The number of hydrogen-bond acceptors (Lipinski definition) is 14. The Balaban J connectivity index is 1.20. The van der Waals surface area contributed by atoms with Gasteiger partial charge in [0.2, 0.25) is 0 Å². The molecule has 1 N–H and O–H groups in total. The third kappa shape index (κ3) is 15.7. The minimum absolute atomic E-state index is 0.0648. The molecule has 14 nitrogen and oxygen atoms in total. The molecule has 2 aliphatic heterocycles. The Labute approximate surface area is 467 Å². The standard InChI is InChI=1S/C65H82O14/c1-9-54(74-47(7)66)45(5)58-44(4)43(3)35-65(78-58,64(68)69-8)79-61-57(67)56(41-71-37-49-24-16-11-17-25-49)76-63(62(61)73-39-51-28-20-13-21-29-51)77-59-46(6)60(72-38-50-26-18-12-19-27-50)55(75-53-32-30-42(2)31-33-53)34-52(59)40-70-36-48-22-14-10-15-23-48/h10-33,43-46,52,54-63,67H,9,34-41H2,1-8H3/t43?,44-,45+,46?,52+,54+,55-,56?,57-,58+,59-,60?,61-,62?,63-,65-/m0/s1. The van der Waals surface area contributed by atoms with Crippen molar-refractivity contribution in [2.45, 2.75) is 161 Å². The number of carbonyl (C=O) groups excluding carboxylic acids is 2. The molecule has 0 radical (unpaired) electrons. The zero-order valence-electron chi connectivity index (χ0n) is 47.1. The van der Waals surface area contributed by atoms with Gasteiger partial charge in [-0.25, -0.2) is 4.79 Å². The topological polar surface area (TPSA) is 156 Å². The van der Waals surface area contributed by atoms with Crippen LogP contribution in [0.4, 0.5) is 0 Å². The van der Waals surface area contributed by atoms with Gasteiger partial charge in [-0.1, -0.05) is 174 Å². The van der Waals surface area contributed by atoms with Gasteiger partial charge in [0.05, 0.1) is 65.1 Å². The second kappa shape index (κ2) is 28.8. The Morgan fingerprint density at radius 2 is 1.22 bits per heavy atom. The Morgan fingerprint density at radius 1 is 0.684 bits per heavy atom. The molecular weight excluding hydrogens is 1000 g/mol. The van der Waals surface area contributed by atoms with Gasteiger partial charge in [0.15, 0.2) is 6.29 Å². The van der Waals surface area contributed by atoms with Gasteiger partial charge in [-0.05, 0) is 66.0 Å². The lowest BCUT2D eigenvalue weighted by Gasteiger charge is -2.52. The maximum atomic E-state index is 14.7. The summed E-state index contributed by atoms with van der Waals surface area (Å²) >= 11 is 0. The highest BCUT2D eigenvalue weighted by molar-refractivity contribution is 5.78. The molecule has 79 heavy (non-hydrogen) atoms. The van der Waals surface area contributed by atoms with Crippen LogP contribution < -0.4 is 4.74 Å². The first kappa shape index (κ1) is 59.6. The highest BCUT2D eigenvalue weighted by Crippen LogP contribution is 2.46. The number of methoxy groups -OCH3 is 1. The predicted octanol–water partition coefficient (Wildman–Crippen LogP) is 10.8. The van der Waals surface area contributed by atoms with Crippen molar-refractivity contribution in [1.29, 1.82) is 0 Å². The smallest absolute Gasteiger partial charge is 0.366 e. The fourth-order valence-electron chi connectivity index (χ4n) is 11.5. The molecule has 0 spiro atoms. The zero-order valence-corrected chi connectivity index (χ0v) is 47.1. The summed E-state index contributed by atoms with van der Waals surface area (Å²) in [6.45, 7) is 14.7. The number of esters is 2. The predicted molar refractivity (Wildman–Crippen MR) is 297 cm³/mol. The van der Waals surface area contributed by atoms with Crippen LogP contribution in [-0.2, 0) is 83.4 Å². The second-order valence-corrected chi connectivity index (χ2v) is 21.8. The van der Waals surface area contributed by atoms with Gasteiger partial charge in [0, 0.05) is 31.1 Å². The van der Waals surface area contributed by atoms with E-state index < -0.39 is 79.0 Å². The van der Waals surface area contributed by atoms with Gasteiger partial charge in [0.1, 0.15) is 42.4 Å². The van der Waals surface area contributed by atoms with Crippen molar-refractivity contribution >= 4 is 11.9 Å². The van der Waals surface area contributed by atoms with Gasteiger partial charge in [-0.15, -0.1) is 0 Å². The minimum Gasteiger partial charge on any atom is -0.488 e. The van der Waals surface area contributed by atoms with Gasteiger partial charge < -0.3 is 57.2 Å². The van der Waals surface area contributed by atoms with Crippen molar-refractivity contribution < 1.29 is 66.8 Å². The molecule has 5 aromatic rings. The van der Waals surface area contributed by atoms with E-state index in [0.717, 1.165) is 33.6 Å². The Hall–Kier alpha value is -5.52. The molecule has 8 rings (SSSR count). The van der Waals surface area contributed by atoms with E-state index in [1.54, 1.807) is 0 Å². The van der Waals surface area contributed by atoms with Crippen LogP contribution in [0.2, 0.25) is 0 Å². The number of rotatable bonds is 25. The number of aliphatic hydroxyl groups excluding tert-OH is 1. The number of carbonyl (C=O) groups is 2. The maximum Gasteiger partial charge on any atom is 0.366 e. The number of aryl methyl sites for hydroxylation is 1. The molecule has 0 aromatic heterocycles. The lowest BCUT2D eigenvalue weighted by atomic mass is 9.75. The summed E-state index contributed by atoms with van der Waals surface area (Å²) in [5.41, 5.74) is 4.92. The summed E-state index contributed by atoms with van der Waals surface area (Å²) < 4.78 is 74.0. The van der Waals surface area contributed by atoms with Crippen molar-refractivity contribution in [2.24, 2.45) is 29.6 Å². The van der Waals surface area contributed by atoms with Crippen LogP contribution in [-0.4, -0.2) is 104 Å². The summed E-state index contributed by atoms with van der Waals surface area (Å²) in [6, 6.07) is 47.5. The monoisotopic (exact) mass is 1090 g/mol. The molecule has 2 saturated heterocycles. The Kier molecular flexibility index (Phi) is 21.7. The summed E-state index contributed by atoms with van der Waals surface area (Å²) in [4.78, 5) is 27.1. The third-order valence-electron chi connectivity index (χ3n) is 16.0. The first-order valence-corrected chi connectivity index (χ1v) is 28.1. The fourth-order valence-corrected chi connectivity index (χ4v) is 11.5. The van der Waals surface area contributed by atoms with Gasteiger partial charge in [-0.2, -0.15) is 0 Å². The van der Waals surface area contributed by atoms with E-state index >= 15 is 0 Å². The largest absolute Gasteiger partial charge is 0.488 e. The van der Waals surface area contributed by atoms with Gasteiger partial charge >= 0.3 is 11.9 Å². The molecule has 0 amide bonds. The molecule has 16 atom stereocenters. The van der Waals surface area contributed by atoms with Crippen molar-refractivity contribution in [3.05, 3.63) is 173 Å². The third-order valence-corrected chi connectivity index (χ3v) is 16.0. The second-order valence-electron chi connectivity index (χ2n) is 21.8. The molecule has 3 fully saturated rings. The van der Waals surface area contributed by atoms with E-state index in [4.69, 9.17) is 52.1 Å². The first-order chi connectivity index (χ1) is 38.2. The van der Waals surface area contributed by atoms with Crippen molar-refractivity contribution in [2.75, 3.05) is 20.3 Å². The molecule has 426 valence electrons. The molecule has 5 unspecified atom stereocenters. The van der Waals surface area contributed by atoms with E-state index in [1.165, 1.54) is 14.0 Å². The van der Waals surface area contributed by atoms with Crippen LogP contribution in [0, 0.1) is 36.5 Å².